The van der Waals surface area contributed by atoms with Gasteiger partial charge in [-0.2, -0.15) is 0 Å². The lowest BCUT2D eigenvalue weighted by atomic mass is 10.1. The predicted octanol–water partition coefficient (Wildman–Crippen LogP) is 4.92. The van der Waals surface area contributed by atoms with Crippen molar-refractivity contribution in [3.63, 3.8) is 0 Å². The zero-order valence-electron chi connectivity index (χ0n) is 25.6. The molecule has 3 rings (SSSR count). The third-order valence-electron chi connectivity index (χ3n) is 6.46. The Hall–Kier alpha value is -3.37. The molecule has 0 spiro atoms. The third-order valence-corrected chi connectivity index (χ3v) is 11.5. The van der Waals surface area contributed by atoms with E-state index < -0.39 is 49.8 Å². The number of cyclic esters (lactones) is 1. The Morgan fingerprint density at radius 3 is 1.78 bits per heavy atom. The van der Waals surface area contributed by atoms with E-state index in [0.29, 0.717) is 0 Å². The van der Waals surface area contributed by atoms with Crippen LogP contribution in [0.1, 0.15) is 68.7 Å². The van der Waals surface area contributed by atoms with E-state index in [0.717, 1.165) is 15.4 Å². The maximum absolute atomic E-state index is 13.1. The number of hydrazine groups is 1. The van der Waals surface area contributed by atoms with E-state index in [1.54, 1.807) is 41.5 Å². The monoisotopic (exact) mass is 584 g/mol. The van der Waals surface area contributed by atoms with Crippen LogP contribution in [-0.4, -0.2) is 61.4 Å². The van der Waals surface area contributed by atoms with Crippen molar-refractivity contribution in [2.24, 2.45) is 0 Å². The molecule has 0 unspecified atom stereocenters. The SMILES string of the molecule is CC(C)(C)OC(=O)NN(C(=O)OC(C)(C)C)[C@@H]1C[C@@H](CO[Si](c2ccccc2)(c2ccccc2)C(C)(C)C)OC1=O. The first-order valence-electron chi connectivity index (χ1n) is 13.9. The standard InChI is InChI=1S/C31H44N2O7Si/c1-29(2,3)39-27(35)32-33(28(36)40-30(4,5)6)25-20-22(38-26(25)34)21-37-41(31(7,8)9,23-16-12-10-13-17-23)24-18-14-11-15-19-24/h10-19,22,25H,20-21H2,1-9H3,(H,32,35)/t22-,25+/m0/s1. The van der Waals surface area contributed by atoms with E-state index in [4.69, 9.17) is 18.6 Å². The summed E-state index contributed by atoms with van der Waals surface area (Å²) in [7, 11) is -2.88. The normalized spacial score (nSPS) is 17.9. The number of benzene rings is 2. The van der Waals surface area contributed by atoms with Crippen LogP contribution in [0, 0.1) is 0 Å². The molecule has 1 aliphatic rings. The van der Waals surface area contributed by atoms with Crippen LogP contribution in [0.3, 0.4) is 0 Å². The number of carbonyl (C=O) groups excluding carboxylic acids is 3. The fourth-order valence-corrected chi connectivity index (χ4v) is 9.48. The topological polar surface area (TPSA) is 103 Å². The highest BCUT2D eigenvalue weighted by atomic mass is 28.4. The van der Waals surface area contributed by atoms with Gasteiger partial charge in [-0.3, -0.25) is 0 Å². The number of nitrogens with one attached hydrogen (secondary N) is 1. The zero-order valence-corrected chi connectivity index (χ0v) is 26.6. The van der Waals surface area contributed by atoms with Gasteiger partial charge in [-0.15, -0.1) is 0 Å². The predicted molar refractivity (Wildman–Crippen MR) is 159 cm³/mol. The highest BCUT2D eigenvalue weighted by molar-refractivity contribution is 6.99. The van der Waals surface area contributed by atoms with Gasteiger partial charge < -0.3 is 18.6 Å². The van der Waals surface area contributed by atoms with Crippen LogP contribution in [-0.2, 0) is 23.4 Å². The molecule has 2 aromatic carbocycles. The summed E-state index contributed by atoms with van der Waals surface area (Å²) in [5.41, 5.74) is 0.726. The fourth-order valence-electron chi connectivity index (χ4n) is 4.89. The second-order valence-electron chi connectivity index (χ2n) is 13.2. The van der Waals surface area contributed by atoms with Gasteiger partial charge in [-0.1, -0.05) is 81.4 Å². The van der Waals surface area contributed by atoms with Crippen LogP contribution >= 0.6 is 0 Å². The zero-order chi connectivity index (χ0) is 30.6. The smallest absolute Gasteiger partial charge is 0.430 e. The van der Waals surface area contributed by atoms with Crippen LogP contribution in [0.15, 0.2) is 60.7 Å². The van der Waals surface area contributed by atoms with Gasteiger partial charge in [0.05, 0.1) is 6.61 Å². The summed E-state index contributed by atoms with van der Waals surface area (Å²) < 4.78 is 23.5. The molecule has 0 saturated carbocycles. The van der Waals surface area contributed by atoms with Crippen molar-refractivity contribution < 1.29 is 33.0 Å². The van der Waals surface area contributed by atoms with Gasteiger partial charge in [0.25, 0.3) is 8.32 Å². The molecule has 0 bridgehead atoms. The molecule has 1 fully saturated rings. The molecule has 0 radical (unpaired) electrons. The van der Waals surface area contributed by atoms with Gasteiger partial charge in [0.15, 0.2) is 6.04 Å². The summed E-state index contributed by atoms with van der Waals surface area (Å²) in [4.78, 5) is 38.8. The van der Waals surface area contributed by atoms with Crippen LogP contribution in [0.4, 0.5) is 9.59 Å². The minimum Gasteiger partial charge on any atom is -0.458 e. The summed E-state index contributed by atoms with van der Waals surface area (Å²) in [6.07, 6.45) is -2.33. The van der Waals surface area contributed by atoms with Crippen LogP contribution < -0.4 is 15.8 Å². The summed E-state index contributed by atoms with van der Waals surface area (Å²) in [5, 5.41) is 2.80. The Kier molecular flexibility index (Phi) is 9.60. The van der Waals surface area contributed by atoms with Gasteiger partial charge in [-0.25, -0.2) is 24.8 Å². The first-order chi connectivity index (χ1) is 18.9. The highest BCUT2D eigenvalue weighted by Gasteiger charge is 2.52. The molecule has 0 aromatic heterocycles. The van der Waals surface area contributed by atoms with Crippen molar-refractivity contribution in [2.75, 3.05) is 6.61 Å². The van der Waals surface area contributed by atoms with Crippen molar-refractivity contribution in [3.8, 4) is 0 Å². The molecular formula is C31H44N2O7Si. The van der Waals surface area contributed by atoms with Crippen molar-refractivity contribution in [1.29, 1.82) is 0 Å². The van der Waals surface area contributed by atoms with Gasteiger partial charge in [0.2, 0.25) is 0 Å². The number of carbonyl (C=O) groups is 3. The lowest BCUT2D eigenvalue weighted by Gasteiger charge is -2.43. The molecule has 1 heterocycles. The number of rotatable bonds is 6. The van der Waals surface area contributed by atoms with E-state index in [2.05, 4.69) is 50.5 Å². The van der Waals surface area contributed by atoms with Crippen molar-refractivity contribution in [3.05, 3.63) is 60.7 Å². The molecular weight excluding hydrogens is 540 g/mol. The summed E-state index contributed by atoms with van der Waals surface area (Å²) in [6, 6.07) is 19.2. The molecule has 9 nitrogen and oxygen atoms in total. The largest absolute Gasteiger partial charge is 0.458 e. The first kappa shape index (κ1) is 32.1. The molecule has 2 aromatic rings. The molecule has 1 saturated heterocycles. The van der Waals surface area contributed by atoms with Crippen LogP contribution in [0.5, 0.6) is 0 Å². The number of esters is 1. The van der Waals surface area contributed by atoms with E-state index in [1.807, 2.05) is 36.4 Å². The Balaban J connectivity index is 1.89. The van der Waals surface area contributed by atoms with Gasteiger partial charge in [-0.05, 0) is 57.0 Å². The van der Waals surface area contributed by atoms with Crippen LogP contribution in [0.25, 0.3) is 0 Å². The number of nitrogens with zero attached hydrogens (tertiary/aromatic N) is 1. The number of hydrogen-bond acceptors (Lipinski definition) is 7. The summed E-state index contributed by atoms with van der Waals surface area (Å²) in [5.74, 6) is -0.664. The molecule has 10 heteroatoms. The molecule has 2 atom stereocenters. The first-order valence-corrected chi connectivity index (χ1v) is 15.8. The minimum atomic E-state index is -2.88. The Bertz CT molecular complexity index is 1160. The van der Waals surface area contributed by atoms with E-state index in [1.165, 1.54) is 0 Å². The number of ether oxygens (including phenoxy) is 3. The van der Waals surface area contributed by atoms with E-state index in [9.17, 15) is 14.4 Å². The number of hydrogen-bond donors (Lipinski definition) is 1. The fraction of sp³-hybridized carbons (Fsp3) is 0.516. The van der Waals surface area contributed by atoms with E-state index in [-0.39, 0.29) is 18.1 Å². The summed E-state index contributed by atoms with van der Waals surface area (Å²) >= 11 is 0. The van der Waals surface area contributed by atoms with Gasteiger partial charge in [0, 0.05) is 6.42 Å². The quantitative estimate of drug-likeness (QED) is 0.222. The van der Waals surface area contributed by atoms with Crippen LogP contribution in [0.2, 0.25) is 5.04 Å². The molecule has 2 amide bonds. The van der Waals surface area contributed by atoms with Crippen molar-refractivity contribution in [2.45, 2.75) is 97.1 Å². The van der Waals surface area contributed by atoms with Crippen molar-refractivity contribution >= 4 is 36.8 Å². The average Bonchev–Trinajstić information content (AvgIpc) is 3.21. The minimum absolute atomic E-state index is 0.103. The second kappa shape index (κ2) is 12.2. The molecule has 1 aliphatic heterocycles. The van der Waals surface area contributed by atoms with Gasteiger partial charge in [0.1, 0.15) is 17.3 Å². The Labute approximate surface area is 244 Å². The van der Waals surface area contributed by atoms with Gasteiger partial charge >= 0.3 is 18.2 Å². The Morgan fingerprint density at radius 1 is 0.854 bits per heavy atom. The lowest BCUT2D eigenvalue weighted by molar-refractivity contribution is -0.146. The second-order valence-corrected chi connectivity index (χ2v) is 17.6. The third kappa shape index (κ3) is 8.10. The van der Waals surface area contributed by atoms with E-state index >= 15 is 0 Å². The lowest BCUT2D eigenvalue weighted by Crippen LogP contribution is -2.67. The summed E-state index contributed by atoms with van der Waals surface area (Å²) in [6.45, 7) is 16.8. The number of amides is 2. The maximum atomic E-state index is 13.1. The molecule has 0 aliphatic carbocycles. The molecule has 1 N–H and O–H groups in total. The Morgan fingerprint density at radius 2 is 1.34 bits per heavy atom. The average molecular weight is 585 g/mol. The molecule has 224 valence electrons. The highest BCUT2D eigenvalue weighted by Crippen LogP contribution is 2.37. The maximum Gasteiger partial charge on any atom is 0.430 e. The molecule has 41 heavy (non-hydrogen) atoms. The van der Waals surface area contributed by atoms with Crippen molar-refractivity contribution in [1.82, 2.24) is 10.4 Å².